The number of fused-ring (bicyclic) bond motifs is 5. The fourth-order valence-electron chi connectivity index (χ4n) is 3.52. The van der Waals surface area contributed by atoms with E-state index in [4.69, 9.17) is 0 Å². The molecule has 2 atom stereocenters. The highest BCUT2D eigenvalue weighted by atomic mass is 19.1. The molecule has 1 aromatic carbocycles. The highest BCUT2D eigenvalue weighted by molar-refractivity contribution is 5.66. The molecule has 4 heteroatoms. The van der Waals surface area contributed by atoms with Crippen molar-refractivity contribution in [2.75, 3.05) is 0 Å². The molecule has 2 unspecified atom stereocenters. The standard InChI is InChI=1S/C18H15F2N2/c1-3-15-11(2)13-8-12(19)9-14(20)18(13)16-10-21-7-5-4-6-17(21)22(15)16/h3-11,15H,1H2,2H3/q+1. The topological polar surface area (TPSA) is 8.29 Å². The zero-order valence-corrected chi connectivity index (χ0v) is 12.1. The van der Waals surface area contributed by atoms with Gasteiger partial charge in [0.1, 0.15) is 23.9 Å². The second-order valence-electron chi connectivity index (χ2n) is 5.72. The van der Waals surface area contributed by atoms with Gasteiger partial charge < -0.3 is 0 Å². The van der Waals surface area contributed by atoms with Crippen LogP contribution in [0.15, 0.2) is 55.4 Å². The summed E-state index contributed by atoms with van der Waals surface area (Å²) in [5.74, 6) is -1.11. The summed E-state index contributed by atoms with van der Waals surface area (Å²) in [5, 5.41) is 0. The fraction of sp³-hybridized carbons (Fsp3) is 0.167. The molecular formula is C18H15F2N2+. The number of pyridine rings is 1. The van der Waals surface area contributed by atoms with Gasteiger partial charge in [0.25, 0.3) is 5.65 Å². The van der Waals surface area contributed by atoms with E-state index in [2.05, 4.69) is 11.1 Å². The second kappa shape index (κ2) is 4.50. The van der Waals surface area contributed by atoms with E-state index >= 15 is 0 Å². The Bertz CT molecular complexity index is 911. The minimum absolute atomic E-state index is 0.0453. The number of halogens is 2. The highest BCUT2D eigenvalue weighted by Crippen LogP contribution is 2.40. The van der Waals surface area contributed by atoms with Crippen LogP contribution in [0.1, 0.15) is 24.4 Å². The molecule has 3 aromatic rings. The number of imidazole rings is 1. The summed E-state index contributed by atoms with van der Waals surface area (Å²) in [6, 6.07) is 8.20. The van der Waals surface area contributed by atoms with Gasteiger partial charge in [-0.3, -0.25) is 0 Å². The van der Waals surface area contributed by atoms with Crippen LogP contribution < -0.4 is 4.57 Å². The van der Waals surface area contributed by atoms with Crippen molar-refractivity contribution >= 4 is 5.65 Å². The van der Waals surface area contributed by atoms with Crippen molar-refractivity contribution in [3.05, 3.63) is 72.6 Å². The number of allylic oxidation sites excluding steroid dienone is 1. The van der Waals surface area contributed by atoms with Gasteiger partial charge in [-0.2, -0.15) is 0 Å². The predicted octanol–water partition coefficient (Wildman–Crippen LogP) is 4.02. The number of nitrogens with zero attached hydrogens (tertiary/aromatic N) is 2. The van der Waals surface area contributed by atoms with E-state index in [0.717, 1.165) is 17.4 Å². The lowest BCUT2D eigenvalue weighted by atomic mass is 9.84. The van der Waals surface area contributed by atoms with Crippen LogP contribution in [-0.2, 0) is 0 Å². The Morgan fingerprint density at radius 1 is 1.27 bits per heavy atom. The fourth-order valence-corrected chi connectivity index (χ4v) is 3.52. The Morgan fingerprint density at radius 2 is 2.09 bits per heavy atom. The normalized spacial score (nSPS) is 19.8. The summed E-state index contributed by atoms with van der Waals surface area (Å²) in [6.45, 7) is 5.90. The summed E-state index contributed by atoms with van der Waals surface area (Å²) in [7, 11) is 0. The first-order valence-electron chi connectivity index (χ1n) is 7.25. The van der Waals surface area contributed by atoms with Crippen molar-refractivity contribution in [1.29, 1.82) is 0 Å². The van der Waals surface area contributed by atoms with Gasteiger partial charge in [-0.05, 0) is 23.8 Å². The summed E-state index contributed by atoms with van der Waals surface area (Å²) >= 11 is 0. The van der Waals surface area contributed by atoms with Crippen LogP contribution in [-0.4, -0.2) is 4.40 Å². The molecule has 0 bridgehead atoms. The van der Waals surface area contributed by atoms with Crippen LogP contribution in [0.2, 0.25) is 0 Å². The molecule has 22 heavy (non-hydrogen) atoms. The number of hydrogen-bond donors (Lipinski definition) is 0. The predicted molar refractivity (Wildman–Crippen MR) is 80.6 cm³/mol. The van der Waals surface area contributed by atoms with Crippen LogP contribution in [0.3, 0.4) is 0 Å². The lowest BCUT2D eigenvalue weighted by Crippen LogP contribution is -2.45. The highest BCUT2D eigenvalue weighted by Gasteiger charge is 2.38. The Balaban J connectivity index is 2.16. The van der Waals surface area contributed by atoms with E-state index in [1.54, 1.807) is 0 Å². The monoisotopic (exact) mass is 297 g/mol. The quantitative estimate of drug-likeness (QED) is 0.474. The summed E-state index contributed by atoms with van der Waals surface area (Å²) in [5.41, 5.74) is 2.89. The lowest BCUT2D eigenvalue weighted by molar-refractivity contribution is -0.681. The number of hydrogen-bond acceptors (Lipinski definition) is 0. The Labute approximate surface area is 126 Å². The van der Waals surface area contributed by atoms with Crippen molar-refractivity contribution in [2.45, 2.75) is 18.9 Å². The molecule has 0 fully saturated rings. The molecule has 2 nitrogen and oxygen atoms in total. The molecule has 4 rings (SSSR count). The smallest absolute Gasteiger partial charge is 0.216 e. The second-order valence-corrected chi connectivity index (χ2v) is 5.72. The van der Waals surface area contributed by atoms with Crippen LogP contribution in [0.4, 0.5) is 8.78 Å². The van der Waals surface area contributed by atoms with Gasteiger partial charge in [0.2, 0.25) is 0 Å². The molecule has 0 saturated carbocycles. The Kier molecular flexibility index (Phi) is 2.70. The van der Waals surface area contributed by atoms with Crippen molar-refractivity contribution in [3.63, 3.8) is 0 Å². The summed E-state index contributed by atoms with van der Waals surface area (Å²) in [6.07, 6.45) is 5.65. The van der Waals surface area contributed by atoms with E-state index in [1.807, 2.05) is 48.0 Å². The molecule has 0 saturated heterocycles. The maximum Gasteiger partial charge on any atom is 0.287 e. The van der Waals surface area contributed by atoms with Gasteiger partial charge in [-0.15, -0.1) is 0 Å². The molecule has 1 aliphatic rings. The van der Waals surface area contributed by atoms with Gasteiger partial charge >= 0.3 is 0 Å². The van der Waals surface area contributed by atoms with E-state index in [1.165, 1.54) is 6.07 Å². The van der Waals surface area contributed by atoms with Gasteiger partial charge in [0.15, 0.2) is 5.69 Å². The summed E-state index contributed by atoms with van der Waals surface area (Å²) < 4.78 is 32.1. The Morgan fingerprint density at radius 3 is 2.86 bits per heavy atom. The third-order valence-corrected chi connectivity index (χ3v) is 4.52. The van der Waals surface area contributed by atoms with Gasteiger partial charge in [-0.1, -0.05) is 19.6 Å². The van der Waals surface area contributed by atoms with Crippen molar-refractivity contribution in [2.24, 2.45) is 0 Å². The zero-order valence-electron chi connectivity index (χ0n) is 12.1. The van der Waals surface area contributed by atoms with Crippen LogP contribution in [0, 0.1) is 11.6 Å². The molecule has 2 aromatic heterocycles. The van der Waals surface area contributed by atoms with E-state index in [9.17, 15) is 8.78 Å². The van der Waals surface area contributed by atoms with Crippen molar-refractivity contribution < 1.29 is 13.3 Å². The molecule has 0 amide bonds. The zero-order chi connectivity index (χ0) is 15.4. The van der Waals surface area contributed by atoms with Crippen molar-refractivity contribution in [3.8, 4) is 11.3 Å². The van der Waals surface area contributed by atoms with Crippen molar-refractivity contribution in [1.82, 2.24) is 4.40 Å². The van der Waals surface area contributed by atoms with E-state index in [-0.39, 0.29) is 12.0 Å². The molecule has 0 radical (unpaired) electrons. The molecule has 1 aliphatic heterocycles. The third-order valence-electron chi connectivity index (χ3n) is 4.52. The van der Waals surface area contributed by atoms with Crippen LogP contribution in [0.25, 0.3) is 16.9 Å². The van der Waals surface area contributed by atoms with Crippen LogP contribution >= 0.6 is 0 Å². The van der Waals surface area contributed by atoms with Gasteiger partial charge in [0, 0.05) is 18.1 Å². The minimum Gasteiger partial charge on any atom is -0.216 e. The number of rotatable bonds is 1. The van der Waals surface area contributed by atoms with Crippen LogP contribution in [0.5, 0.6) is 0 Å². The summed E-state index contributed by atoms with van der Waals surface area (Å²) in [4.78, 5) is 0. The molecular weight excluding hydrogens is 282 g/mol. The number of benzene rings is 1. The van der Waals surface area contributed by atoms with Gasteiger partial charge in [-0.25, -0.2) is 17.7 Å². The molecule has 0 N–H and O–H groups in total. The largest absolute Gasteiger partial charge is 0.287 e. The molecule has 3 heterocycles. The van der Waals surface area contributed by atoms with Gasteiger partial charge in [0.05, 0.1) is 11.8 Å². The first-order chi connectivity index (χ1) is 10.6. The Hall–Kier alpha value is -2.49. The maximum absolute atomic E-state index is 14.5. The average Bonchev–Trinajstić information content (AvgIpc) is 2.86. The third kappa shape index (κ3) is 1.61. The molecule has 110 valence electrons. The number of aromatic nitrogens is 2. The maximum atomic E-state index is 14.5. The first kappa shape index (κ1) is 13.2. The van der Waals surface area contributed by atoms with E-state index in [0.29, 0.717) is 11.1 Å². The minimum atomic E-state index is -0.539. The van der Waals surface area contributed by atoms with E-state index < -0.39 is 11.6 Å². The average molecular weight is 297 g/mol. The first-order valence-corrected chi connectivity index (χ1v) is 7.25. The molecule has 0 aliphatic carbocycles. The lowest BCUT2D eigenvalue weighted by Gasteiger charge is -2.27. The SMILES string of the molecule is C=CC1C(C)c2cc(F)cc(F)c2-c2cn3ccccc3[n+]21. The molecule has 0 spiro atoms.